The number of ether oxygens (including phenoxy) is 1. The monoisotopic (exact) mass is 339 g/mol. The molecule has 2 aromatic carbocycles. The number of para-hydroxylation sites is 1. The first-order chi connectivity index (χ1) is 11.3. The quantitative estimate of drug-likeness (QED) is 0.659. The minimum Gasteiger partial charge on any atom is -0.405 e. The van der Waals surface area contributed by atoms with Crippen molar-refractivity contribution in [2.24, 2.45) is 0 Å². The molecule has 3 nitrogen and oxygen atoms in total. The van der Waals surface area contributed by atoms with Gasteiger partial charge in [-0.15, -0.1) is 13.2 Å². The van der Waals surface area contributed by atoms with Gasteiger partial charge in [0.2, 0.25) is 5.91 Å². The van der Waals surface area contributed by atoms with Crippen LogP contribution in [0.3, 0.4) is 0 Å². The number of benzene rings is 2. The first-order valence-corrected chi connectivity index (χ1v) is 6.89. The molecule has 0 radical (unpaired) electrons. The smallest absolute Gasteiger partial charge is 0.405 e. The molecule has 0 aliphatic rings. The third kappa shape index (κ3) is 5.42. The summed E-state index contributed by atoms with van der Waals surface area (Å²) in [7, 11) is 0. The average molecular weight is 339 g/mol. The Morgan fingerprint density at radius 3 is 2.46 bits per heavy atom. The Labute approximate surface area is 135 Å². The fraction of sp³-hybridized carbons (Fsp3) is 0.118. The molecular weight excluding hydrogens is 326 g/mol. The minimum absolute atomic E-state index is 0.0312. The maximum Gasteiger partial charge on any atom is 0.573 e. The van der Waals surface area contributed by atoms with Crippen molar-refractivity contribution in [2.45, 2.75) is 12.9 Å². The van der Waals surface area contributed by atoms with Crippen LogP contribution in [-0.2, 0) is 11.3 Å². The topological polar surface area (TPSA) is 38.3 Å². The van der Waals surface area contributed by atoms with E-state index in [2.05, 4.69) is 10.1 Å². The summed E-state index contributed by atoms with van der Waals surface area (Å²) >= 11 is 0. The first kappa shape index (κ1) is 17.5. The van der Waals surface area contributed by atoms with Gasteiger partial charge in [-0.2, -0.15) is 0 Å². The summed E-state index contributed by atoms with van der Waals surface area (Å²) in [6.07, 6.45) is -2.58. The number of rotatable bonds is 5. The van der Waals surface area contributed by atoms with Gasteiger partial charge in [0.25, 0.3) is 0 Å². The number of carbonyl (C=O) groups excluding carboxylic acids is 1. The molecule has 0 aliphatic heterocycles. The zero-order chi connectivity index (χ0) is 17.6. The molecule has 0 saturated carbocycles. The molecule has 0 aliphatic carbocycles. The predicted octanol–water partition coefficient (Wildman–Crippen LogP) is 4.05. The van der Waals surface area contributed by atoms with Crippen LogP contribution in [0, 0.1) is 5.82 Å². The van der Waals surface area contributed by atoms with Crippen LogP contribution >= 0.6 is 0 Å². The number of hydrogen-bond acceptors (Lipinski definition) is 2. The Morgan fingerprint density at radius 2 is 1.75 bits per heavy atom. The zero-order valence-corrected chi connectivity index (χ0v) is 12.3. The van der Waals surface area contributed by atoms with E-state index in [4.69, 9.17) is 0 Å². The van der Waals surface area contributed by atoms with Crippen LogP contribution in [0.5, 0.6) is 5.75 Å². The van der Waals surface area contributed by atoms with E-state index in [1.54, 1.807) is 6.07 Å². The Morgan fingerprint density at radius 1 is 1.08 bits per heavy atom. The maximum absolute atomic E-state index is 13.4. The number of nitrogens with one attached hydrogen (secondary N) is 1. The predicted molar refractivity (Wildman–Crippen MR) is 80.4 cm³/mol. The van der Waals surface area contributed by atoms with Gasteiger partial charge in [0.1, 0.15) is 11.6 Å². The molecule has 0 aromatic heterocycles. The average Bonchev–Trinajstić information content (AvgIpc) is 2.52. The molecule has 0 bridgehead atoms. The van der Waals surface area contributed by atoms with Crippen LogP contribution < -0.4 is 10.1 Å². The van der Waals surface area contributed by atoms with Gasteiger partial charge in [-0.25, -0.2) is 4.39 Å². The van der Waals surface area contributed by atoms with Crippen LogP contribution in [0.25, 0.3) is 6.08 Å². The fourth-order valence-electron chi connectivity index (χ4n) is 1.88. The standard InChI is InChI=1S/C17H13F4NO2/c18-14-7-3-1-6-13(14)11-22-16(23)10-9-12-5-2-4-8-15(12)24-17(19,20)21/h1-10H,11H2,(H,22,23)/b10-9+. The van der Waals surface area contributed by atoms with E-state index >= 15 is 0 Å². The van der Waals surface area contributed by atoms with E-state index in [9.17, 15) is 22.4 Å². The van der Waals surface area contributed by atoms with E-state index in [1.165, 1.54) is 42.5 Å². The van der Waals surface area contributed by atoms with Crippen molar-refractivity contribution < 1.29 is 27.1 Å². The summed E-state index contributed by atoms with van der Waals surface area (Å²) in [5.41, 5.74) is 0.399. The molecule has 0 unspecified atom stereocenters. The number of alkyl halides is 3. The van der Waals surface area contributed by atoms with Crippen molar-refractivity contribution in [3.63, 3.8) is 0 Å². The van der Waals surface area contributed by atoms with Gasteiger partial charge in [0.05, 0.1) is 0 Å². The van der Waals surface area contributed by atoms with Gasteiger partial charge in [0.15, 0.2) is 0 Å². The van der Waals surface area contributed by atoms with Gasteiger partial charge in [-0.3, -0.25) is 4.79 Å². The highest BCUT2D eigenvalue weighted by Gasteiger charge is 2.31. The highest BCUT2D eigenvalue weighted by atomic mass is 19.4. The first-order valence-electron chi connectivity index (χ1n) is 6.89. The highest BCUT2D eigenvalue weighted by Crippen LogP contribution is 2.26. The van der Waals surface area contributed by atoms with Crippen LogP contribution in [0.4, 0.5) is 17.6 Å². The molecule has 0 fully saturated rings. The highest BCUT2D eigenvalue weighted by molar-refractivity contribution is 5.92. The Kier molecular flexibility index (Phi) is 5.57. The lowest BCUT2D eigenvalue weighted by Crippen LogP contribution is -2.21. The summed E-state index contributed by atoms with van der Waals surface area (Å²) in [4.78, 5) is 11.7. The van der Waals surface area contributed by atoms with E-state index in [0.717, 1.165) is 12.1 Å². The second-order valence-corrected chi connectivity index (χ2v) is 4.73. The second kappa shape index (κ2) is 7.63. The largest absolute Gasteiger partial charge is 0.573 e. The fourth-order valence-corrected chi connectivity index (χ4v) is 1.88. The summed E-state index contributed by atoms with van der Waals surface area (Å²) in [5.74, 6) is -1.44. The molecule has 2 rings (SSSR count). The Hall–Kier alpha value is -2.83. The summed E-state index contributed by atoms with van der Waals surface area (Å²) in [6, 6.07) is 11.4. The van der Waals surface area contributed by atoms with E-state index in [1.807, 2.05) is 0 Å². The van der Waals surface area contributed by atoms with Gasteiger partial charge < -0.3 is 10.1 Å². The Balaban J connectivity index is 2.00. The van der Waals surface area contributed by atoms with Crippen molar-refractivity contribution in [1.29, 1.82) is 0 Å². The third-order valence-electron chi connectivity index (χ3n) is 2.97. The number of halogens is 4. The van der Waals surface area contributed by atoms with E-state index < -0.39 is 23.8 Å². The normalized spacial score (nSPS) is 11.5. The van der Waals surface area contributed by atoms with Crippen molar-refractivity contribution in [1.82, 2.24) is 5.32 Å². The number of carbonyl (C=O) groups is 1. The molecule has 1 amide bonds. The lowest BCUT2D eigenvalue weighted by Gasteiger charge is -2.11. The lowest BCUT2D eigenvalue weighted by molar-refractivity contribution is -0.274. The zero-order valence-electron chi connectivity index (χ0n) is 12.3. The molecule has 24 heavy (non-hydrogen) atoms. The van der Waals surface area contributed by atoms with E-state index in [0.29, 0.717) is 5.56 Å². The van der Waals surface area contributed by atoms with Crippen molar-refractivity contribution in [3.05, 3.63) is 71.6 Å². The van der Waals surface area contributed by atoms with Crippen LogP contribution in [0.15, 0.2) is 54.6 Å². The molecular formula is C17H13F4NO2. The molecule has 126 valence electrons. The van der Waals surface area contributed by atoms with Crippen LogP contribution in [0.2, 0.25) is 0 Å². The van der Waals surface area contributed by atoms with Gasteiger partial charge >= 0.3 is 6.36 Å². The molecule has 7 heteroatoms. The molecule has 0 heterocycles. The van der Waals surface area contributed by atoms with Gasteiger partial charge in [-0.05, 0) is 18.2 Å². The number of amides is 1. The van der Waals surface area contributed by atoms with Gasteiger partial charge in [-0.1, -0.05) is 36.4 Å². The molecule has 2 aromatic rings. The molecule has 0 atom stereocenters. The maximum atomic E-state index is 13.4. The SMILES string of the molecule is O=C(/C=C/c1ccccc1OC(F)(F)F)NCc1ccccc1F. The Bertz CT molecular complexity index is 741. The van der Waals surface area contributed by atoms with Crippen molar-refractivity contribution in [2.75, 3.05) is 0 Å². The summed E-state index contributed by atoms with van der Waals surface area (Å²) < 4.78 is 54.2. The van der Waals surface area contributed by atoms with Crippen LogP contribution in [0.1, 0.15) is 11.1 Å². The number of hydrogen-bond donors (Lipinski definition) is 1. The van der Waals surface area contributed by atoms with Crippen LogP contribution in [-0.4, -0.2) is 12.3 Å². The molecule has 0 saturated heterocycles. The summed E-state index contributed by atoms with van der Waals surface area (Å²) in [6.45, 7) is -0.0312. The second-order valence-electron chi connectivity index (χ2n) is 4.73. The molecule has 1 N–H and O–H groups in total. The minimum atomic E-state index is -4.82. The van der Waals surface area contributed by atoms with Gasteiger partial charge in [0, 0.05) is 23.7 Å². The summed E-state index contributed by atoms with van der Waals surface area (Å²) in [5, 5.41) is 2.45. The van der Waals surface area contributed by atoms with E-state index in [-0.39, 0.29) is 12.1 Å². The lowest BCUT2D eigenvalue weighted by atomic mass is 10.2. The van der Waals surface area contributed by atoms with Crippen molar-refractivity contribution in [3.8, 4) is 5.75 Å². The third-order valence-corrected chi connectivity index (χ3v) is 2.97. The molecule has 0 spiro atoms. The van der Waals surface area contributed by atoms with Crippen molar-refractivity contribution >= 4 is 12.0 Å².